The van der Waals surface area contributed by atoms with Gasteiger partial charge in [0.05, 0.1) is 42.7 Å². The molecule has 1 heterocycles. The molecular weight excluding hydrogens is 717 g/mol. The number of amides is 2. The van der Waals surface area contributed by atoms with Crippen molar-refractivity contribution in [1.29, 1.82) is 0 Å². The Morgan fingerprint density at radius 3 is 2.23 bits per heavy atom. The lowest BCUT2D eigenvalue weighted by Gasteiger charge is -2.35. The van der Waals surface area contributed by atoms with E-state index in [-0.39, 0.29) is 51.1 Å². The lowest BCUT2D eigenvalue weighted by molar-refractivity contribution is -0.492. The van der Waals surface area contributed by atoms with Crippen molar-refractivity contribution in [1.82, 2.24) is 15.2 Å². The molecule has 0 spiro atoms. The van der Waals surface area contributed by atoms with E-state index in [4.69, 9.17) is 31.5 Å². The number of nitrogens with zero attached hydrogens (tertiary/aromatic N) is 3. The fourth-order valence-corrected chi connectivity index (χ4v) is 6.05. The molecule has 1 fully saturated rings. The molecule has 0 aromatic heterocycles. The molecule has 2 amide bonds. The van der Waals surface area contributed by atoms with Crippen molar-refractivity contribution in [2.45, 2.75) is 51.1 Å². The molecule has 1 saturated carbocycles. The second-order valence-corrected chi connectivity index (χ2v) is 12.7. The fourth-order valence-electron chi connectivity index (χ4n) is 5.84. The standard InChI is InChI=1S/C36H37ClF5N3O7/c37-32-27(28(38)11-12-29(32)39)21-44(24-9-10-24)35(46)26-20-43(36(47)51-17-1-2-19-52-45(48)49)16-15-25(26)23-7-5-22(6-8-23)4-3-18-50-34-31(41)14-13-30(40)33(34)42/h5-8,11-15,24,26,48-49H,1-4,9-10,16-21H2. The molecule has 280 valence electrons. The predicted octanol–water partition coefficient (Wildman–Crippen LogP) is 7.48. The van der Waals surface area contributed by atoms with Crippen molar-refractivity contribution in [2.24, 2.45) is 5.92 Å². The SMILES string of the molecule is O=C(OCCCCON(O)O)N1CC=C(c2ccc(CCCOc3c(F)ccc(F)c3F)cc2)C(C(=O)N(Cc2c(F)ccc(F)c2Cl)C2CC2)C1. The molecule has 3 aromatic rings. The van der Waals surface area contributed by atoms with E-state index in [1.807, 2.05) is 12.1 Å². The van der Waals surface area contributed by atoms with Gasteiger partial charge >= 0.3 is 6.09 Å². The first-order valence-electron chi connectivity index (χ1n) is 16.7. The Morgan fingerprint density at radius 1 is 0.846 bits per heavy atom. The van der Waals surface area contributed by atoms with Crippen molar-refractivity contribution in [3.05, 3.63) is 105 Å². The zero-order valence-electron chi connectivity index (χ0n) is 27.9. The largest absolute Gasteiger partial charge is 0.488 e. The molecule has 1 aliphatic carbocycles. The van der Waals surface area contributed by atoms with Gasteiger partial charge < -0.3 is 19.3 Å². The zero-order chi connectivity index (χ0) is 37.4. The van der Waals surface area contributed by atoms with Gasteiger partial charge in [-0.3, -0.25) is 20.0 Å². The number of aryl methyl sites for hydroxylation is 1. The van der Waals surface area contributed by atoms with Gasteiger partial charge in [0, 0.05) is 24.7 Å². The van der Waals surface area contributed by atoms with Crippen LogP contribution in [0.2, 0.25) is 5.02 Å². The summed E-state index contributed by atoms with van der Waals surface area (Å²) in [7, 11) is 0. The third-order valence-corrected chi connectivity index (χ3v) is 9.13. The quantitative estimate of drug-likeness (QED) is 0.0671. The maximum Gasteiger partial charge on any atom is 0.410 e. The fraction of sp³-hybridized carbons (Fsp3) is 0.389. The van der Waals surface area contributed by atoms with E-state index >= 15 is 0 Å². The van der Waals surface area contributed by atoms with E-state index in [0.717, 1.165) is 23.8 Å². The summed E-state index contributed by atoms with van der Waals surface area (Å²) < 4.78 is 81.0. The minimum absolute atomic E-state index is 0.00883. The first-order valence-corrected chi connectivity index (χ1v) is 17.0. The van der Waals surface area contributed by atoms with Crippen LogP contribution < -0.4 is 4.74 Å². The Labute approximate surface area is 301 Å². The molecule has 5 rings (SSSR count). The van der Waals surface area contributed by atoms with Gasteiger partial charge in [0.2, 0.25) is 11.7 Å². The summed E-state index contributed by atoms with van der Waals surface area (Å²) in [5.41, 5.74) is 2.00. The van der Waals surface area contributed by atoms with Crippen LogP contribution in [0.3, 0.4) is 0 Å². The van der Waals surface area contributed by atoms with E-state index in [2.05, 4.69) is 4.84 Å². The Morgan fingerprint density at radius 2 is 1.52 bits per heavy atom. The Hall–Kier alpha value is -4.28. The molecule has 2 aliphatic rings. The number of hydrogen-bond acceptors (Lipinski definition) is 8. The van der Waals surface area contributed by atoms with Gasteiger partial charge in [-0.05, 0) is 79.5 Å². The van der Waals surface area contributed by atoms with Crippen molar-refractivity contribution in [3.63, 3.8) is 0 Å². The van der Waals surface area contributed by atoms with Crippen LogP contribution in [0.4, 0.5) is 26.7 Å². The number of unbranched alkanes of at least 4 members (excludes halogenated alkanes) is 1. The topological polar surface area (TPSA) is 112 Å². The highest BCUT2D eigenvalue weighted by Gasteiger charge is 2.40. The lowest BCUT2D eigenvalue weighted by atomic mass is 9.87. The average Bonchev–Trinajstić information content (AvgIpc) is 3.98. The highest BCUT2D eigenvalue weighted by atomic mass is 35.5. The Balaban J connectivity index is 1.30. The molecule has 2 N–H and O–H groups in total. The molecule has 0 bridgehead atoms. The highest BCUT2D eigenvalue weighted by Crippen LogP contribution is 2.37. The summed E-state index contributed by atoms with van der Waals surface area (Å²) in [4.78, 5) is 34.7. The number of hydrogen-bond donors (Lipinski definition) is 2. The second-order valence-electron chi connectivity index (χ2n) is 12.4. The summed E-state index contributed by atoms with van der Waals surface area (Å²) in [5.74, 6) is -7.26. The summed E-state index contributed by atoms with van der Waals surface area (Å²) in [6.45, 7) is -0.306. The summed E-state index contributed by atoms with van der Waals surface area (Å²) >= 11 is 6.13. The predicted molar refractivity (Wildman–Crippen MR) is 176 cm³/mol. The van der Waals surface area contributed by atoms with Crippen molar-refractivity contribution in [2.75, 3.05) is 32.9 Å². The van der Waals surface area contributed by atoms with E-state index < -0.39 is 63.2 Å². The molecule has 3 aromatic carbocycles. The lowest BCUT2D eigenvalue weighted by Crippen LogP contribution is -2.47. The summed E-state index contributed by atoms with van der Waals surface area (Å²) in [6, 6.07) is 10.3. The maximum absolute atomic E-state index is 14.9. The number of rotatable bonds is 16. The molecule has 0 saturated heterocycles. The second kappa shape index (κ2) is 18.0. The summed E-state index contributed by atoms with van der Waals surface area (Å²) in [5, 5.41) is 16.4. The number of benzene rings is 3. The third-order valence-electron chi connectivity index (χ3n) is 8.72. The van der Waals surface area contributed by atoms with Crippen LogP contribution in [0.25, 0.3) is 5.57 Å². The molecule has 10 nitrogen and oxygen atoms in total. The van der Waals surface area contributed by atoms with Crippen LogP contribution in [0.1, 0.15) is 48.8 Å². The molecule has 1 unspecified atom stereocenters. The highest BCUT2D eigenvalue weighted by molar-refractivity contribution is 6.31. The van der Waals surface area contributed by atoms with Crippen LogP contribution in [-0.2, 0) is 27.3 Å². The van der Waals surface area contributed by atoms with E-state index in [1.54, 1.807) is 18.2 Å². The Bertz CT molecular complexity index is 1760. The number of carbonyl (C=O) groups is 2. The smallest absolute Gasteiger partial charge is 0.410 e. The van der Waals surface area contributed by atoms with Gasteiger partial charge in [-0.25, -0.2) is 22.4 Å². The minimum Gasteiger partial charge on any atom is -0.488 e. The van der Waals surface area contributed by atoms with Gasteiger partial charge in [-0.2, -0.15) is 4.39 Å². The molecule has 16 heteroatoms. The van der Waals surface area contributed by atoms with Crippen LogP contribution in [0.5, 0.6) is 5.75 Å². The van der Waals surface area contributed by atoms with Crippen LogP contribution in [0, 0.1) is 35.0 Å². The first-order chi connectivity index (χ1) is 24.9. The zero-order valence-corrected chi connectivity index (χ0v) is 28.6. The molecule has 1 aliphatic heterocycles. The minimum atomic E-state index is -1.39. The van der Waals surface area contributed by atoms with Gasteiger partial charge in [0.15, 0.2) is 17.4 Å². The normalized spacial score (nSPS) is 15.8. The van der Waals surface area contributed by atoms with E-state index in [9.17, 15) is 31.5 Å². The Kier molecular flexibility index (Phi) is 13.5. The van der Waals surface area contributed by atoms with Gasteiger partial charge in [0.1, 0.15) is 11.6 Å². The van der Waals surface area contributed by atoms with Gasteiger partial charge in [0.25, 0.3) is 0 Å². The third kappa shape index (κ3) is 9.98. The summed E-state index contributed by atoms with van der Waals surface area (Å²) in [6.07, 6.45) is 3.92. The number of ether oxygens (including phenoxy) is 2. The van der Waals surface area contributed by atoms with E-state index in [0.29, 0.717) is 55.7 Å². The molecule has 52 heavy (non-hydrogen) atoms. The van der Waals surface area contributed by atoms with Gasteiger partial charge in [-0.15, -0.1) is 0 Å². The van der Waals surface area contributed by atoms with Gasteiger partial charge in [-0.1, -0.05) is 41.9 Å². The molecule has 0 radical (unpaired) electrons. The van der Waals surface area contributed by atoms with E-state index in [1.165, 1.54) is 9.80 Å². The van der Waals surface area contributed by atoms with Crippen LogP contribution in [-0.4, -0.2) is 76.6 Å². The monoisotopic (exact) mass is 753 g/mol. The maximum atomic E-state index is 14.9. The number of halogens is 6. The van der Waals surface area contributed by atoms with Crippen LogP contribution >= 0.6 is 11.6 Å². The van der Waals surface area contributed by atoms with Crippen molar-refractivity contribution < 1.29 is 56.3 Å². The average molecular weight is 754 g/mol. The van der Waals surface area contributed by atoms with Crippen molar-refractivity contribution in [3.8, 4) is 5.75 Å². The van der Waals surface area contributed by atoms with Crippen molar-refractivity contribution >= 4 is 29.2 Å². The first kappa shape index (κ1) is 38.9. The molecular formula is C36H37ClF5N3O7. The van der Waals surface area contributed by atoms with Crippen LogP contribution in [0.15, 0.2) is 54.6 Å². The molecule has 1 atom stereocenters. The number of carbonyl (C=O) groups excluding carboxylic acids is 2.